The summed E-state index contributed by atoms with van der Waals surface area (Å²) in [5.41, 5.74) is 0.588. The molecular weight excluding hydrogens is 489 g/mol. The van der Waals surface area contributed by atoms with Crippen molar-refractivity contribution < 1.29 is 13.2 Å². The van der Waals surface area contributed by atoms with Crippen molar-refractivity contribution >= 4 is 43.2 Å². The average Bonchev–Trinajstić information content (AvgIpc) is 3.50. The number of ether oxygens (including phenoxy) is 1. The molecule has 1 atom stereocenters. The average molecular weight is 509 g/mol. The van der Waals surface area contributed by atoms with Crippen LogP contribution in [0.2, 0.25) is 0 Å². The first-order valence-corrected chi connectivity index (χ1v) is 12.2. The Morgan fingerprint density at radius 1 is 1.14 bits per heavy atom. The van der Waals surface area contributed by atoms with Gasteiger partial charge in [-0.15, -0.1) is 0 Å². The van der Waals surface area contributed by atoms with E-state index in [2.05, 4.69) is 22.6 Å². The van der Waals surface area contributed by atoms with E-state index in [0.29, 0.717) is 23.8 Å². The molecule has 0 amide bonds. The third-order valence-corrected chi connectivity index (χ3v) is 7.26. The Labute approximate surface area is 177 Å². The van der Waals surface area contributed by atoms with Crippen LogP contribution in [0.15, 0.2) is 64.3 Å². The minimum Gasteiger partial charge on any atom is -0.478 e. The van der Waals surface area contributed by atoms with Crippen molar-refractivity contribution in [1.29, 1.82) is 0 Å². The van der Waals surface area contributed by atoms with Crippen LogP contribution in [0.3, 0.4) is 0 Å². The number of fused-ring (bicyclic) bond motifs is 1. The molecule has 1 aromatic heterocycles. The molecule has 7 heteroatoms. The molecule has 1 aliphatic rings. The van der Waals surface area contributed by atoms with Crippen LogP contribution < -0.4 is 10.3 Å². The van der Waals surface area contributed by atoms with Gasteiger partial charge in [-0.1, -0.05) is 52.9 Å². The Hall–Kier alpha value is -1.87. The second-order valence-electron chi connectivity index (χ2n) is 7.18. The van der Waals surface area contributed by atoms with Crippen molar-refractivity contribution in [1.82, 2.24) is 4.57 Å². The van der Waals surface area contributed by atoms with Crippen molar-refractivity contribution in [2.24, 2.45) is 5.92 Å². The molecule has 1 heterocycles. The smallest absolute Gasteiger partial charge is 0.262 e. The highest BCUT2D eigenvalue weighted by atomic mass is 127. The highest BCUT2D eigenvalue weighted by Gasteiger charge is 2.24. The fourth-order valence-corrected chi connectivity index (χ4v) is 4.70. The second kappa shape index (κ2) is 7.51. The van der Waals surface area contributed by atoms with Crippen molar-refractivity contribution in [3.63, 3.8) is 0 Å². The normalized spacial score (nSPS) is 15.5. The highest BCUT2D eigenvalue weighted by Crippen LogP contribution is 2.33. The molecule has 0 aliphatic heterocycles. The van der Waals surface area contributed by atoms with E-state index in [1.54, 1.807) is 28.8 Å². The van der Waals surface area contributed by atoms with Crippen LogP contribution in [0, 0.1) is 5.92 Å². The summed E-state index contributed by atoms with van der Waals surface area (Å²) >= 11 is 2.16. The summed E-state index contributed by atoms with van der Waals surface area (Å²) in [7, 11) is -3.33. The van der Waals surface area contributed by atoms with Crippen LogP contribution in [-0.2, 0) is 9.84 Å². The fraction of sp³-hybridized carbons (Fsp3) is 0.286. The van der Waals surface area contributed by atoms with Gasteiger partial charge >= 0.3 is 0 Å². The number of rotatable bonds is 6. The Morgan fingerprint density at radius 2 is 1.89 bits per heavy atom. The zero-order chi connectivity index (χ0) is 19.9. The lowest BCUT2D eigenvalue weighted by atomic mass is 10.1. The van der Waals surface area contributed by atoms with Crippen molar-refractivity contribution in [2.75, 3.05) is 12.9 Å². The quantitative estimate of drug-likeness (QED) is 0.370. The summed E-state index contributed by atoms with van der Waals surface area (Å²) in [6.45, 7) is 0.588. The molecule has 0 radical (unpaired) electrons. The number of aromatic nitrogens is 1. The molecule has 1 aliphatic carbocycles. The molecule has 4 rings (SSSR count). The summed E-state index contributed by atoms with van der Waals surface area (Å²) in [5.74, 6) is 1.07. The Morgan fingerprint density at radius 3 is 2.61 bits per heavy atom. The van der Waals surface area contributed by atoms with Crippen molar-refractivity contribution in [3.8, 4) is 5.88 Å². The Balaban J connectivity index is 1.84. The fourth-order valence-electron chi connectivity index (χ4n) is 3.11. The van der Waals surface area contributed by atoms with E-state index in [1.807, 2.05) is 30.3 Å². The van der Waals surface area contributed by atoms with Crippen LogP contribution in [0.1, 0.15) is 22.5 Å². The van der Waals surface area contributed by atoms with Gasteiger partial charge in [0.25, 0.3) is 5.56 Å². The number of benzene rings is 2. The zero-order valence-corrected chi connectivity index (χ0v) is 18.3. The van der Waals surface area contributed by atoms with Gasteiger partial charge < -0.3 is 4.74 Å². The molecule has 28 heavy (non-hydrogen) atoms. The van der Waals surface area contributed by atoms with Gasteiger partial charge in [0.15, 0.2) is 15.7 Å². The number of pyridine rings is 1. The van der Waals surface area contributed by atoms with Gasteiger partial charge in [0.2, 0.25) is 0 Å². The molecule has 3 aromatic rings. The van der Waals surface area contributed by atoms with E-state index in [-0.39, 0.29) is 10.5 Å². The minimum atomic E-state index is -3.33. The van der Waals surface area contributed by atoms with Crippen molar-refractivity contribution in [3.05, 3.63) is 70.5 Å². The monoisotopic (exact) mass is 509 g/mol. The van der Waals surface area contributed by atoms with Gasteiger partial charge in [-0.3, -0.25) is 9.36 Å². The number of hydrogen-bond acceptors (Lipinski definition) is 4. The van der Waals surface area contributed by atoms with Crippen molar-refractivity contribution in [2.45, 2.75) is 21.8 Å². The molecule has 0 spiro atoms. The third-order valence-electron chi connectivity index (χ3n) is 4.88. The number of alkyl halides is 1. The van der Waals surface area contributed by atoms with E-state index < -0.39 is 13.9 Å². The molecular formula is C21H20INO4S. The molecule has 1 unspecified atom stereocenters. The maximum Gasteiger partial charge on any atom is 0.262 e. The minimum absolute atomic E-state index is 0.145. The number of nitrogens with zero attached hydrogens (tertiary/aromatic N) is 1. The van der Waals surface area contributed by atoms with E-state index in [0.717, 1.165) is 23.8 Å². The van der Waals surface area contributed by atoms with E-state index >= 15 is 0 Å². The van der Waals surface area contributed by atoms with Crippen LogP contribution in [-0.4, -0.2) is 25.8 Å². The highest BCUT2D eigenvalue weighted by molar-refractivity contribution is 14.1. The predicted molar refractivity (Wildman–Crippen MR) is 118 cm³/mol. The lowest BCUT2D eigenvalue weighted by Gasteiger charge is -2.20. The van der Waals surface area contributed by atoms with Crippen LogP contribution >= 0.6 is 22.6 Å². The Kier molecular flexibility index (Phi) is 5.22. The van der Waals surface area contributed by atoms with E-state index in [9.17, 15) is 13.2 Å². The number of hydrogen-bond donors (Lipinski definition) is 0. The predicted octanol–water partition coefficient (Wildman–Crippen LogP) is 4.18. The Bertz CT molecular complexity index is 1200. The summed E-state index contributed by atoms with van der Waals surface area (Å²) in [5, 5.41) is 1.45. The lowest BCUT2D eigenvalue weighted by Crippen LogP contribution is -2.25. The maximum absolute atomic E-state index is 13.3. The van der Waals surface area contributed by atoms with Crippen LogP contribution in [0.4, 0.5) is 0 Å². The molecule has 2 aromatic carbocycles. The molecule has 146 valence electrons. The summed E-state index contributed by atoms with van der Waals surface area (Å²) in [6.07, 6.45) is 3.49. The van der Waals surface area contributed by atoms with Crippen LogP contribution in [0.25, 0.3) is 10.8 Å². The van der Waals surface area contributed by atoms with Gasteiger partial charge in [-0.2, -0.15) is 0 Å². The summed E-state index contributed by atoms with van der Waals surface area (Å²) < 4.78 is 31.1. The van der Waals surface area contributed by atoms with Crippen LogP contribution in [0.5, 0.6) is 5.88 Å². The topological polar surface area (TPSA) is 65.4 Å². The second-order valence-corrected chi connectivity index (χ2v) is 10.4. The lowest BCUT2D eigenvalue weighted by molar-refractivity contribution is 0.274. The molecule has 0 bridgehead atoms. The van der Waals surface area contributed by atoms with Gasteiger partial charge in [-0.05, 0) is 47.9 Å². The zero-order valence-electron chi connectivity index (χ0n) is 15.3. The molecule has 0 N–H and O–H groups in total. The largest absolute Gasteiger partial charge is 0.478 e. The molecule has 1 saturated carbocycles. The first-order chi connectivity index (χ1) is 13.3. The summed E-state index contributed by atoms with van der Waals surface area (Å²) in [4.78, 5) is 13.5. The molecule has 5 nitrogen and oxygen atoms in total. The third kappa shape index (κ3) is 3.96. The molecule has 1 fully saturated rings. The first kappa shape index (κ1) is 19.4. The van der Waals surface area contributed by atoms with Gasteiger partial charge in [-0.25, -0.2) is 8.42 Å². The van der Waals surface area contributed by atoms with E-state index in [4.69, 9.17) is 4.74 Å². The molecule has 0 saturated heterocycles. The standard InChI is InChI=1S/C21H20INO4S/c1-28(25,26)17-7-4-6-16(11-17)20(22)23-19(27-13-14-9-10-14)12-15-5-2-3-8-18(15)21(23)24/h2-8,11-12,14,20H,9-10,13H2,1H3. The van der Waals surface area contributed by atoms with Gasteiger partial charge in [0.1, 0.15) is 4.05 Å². The SMILES string of the molecule is CS(=O)(=O)c1cccc(C(I)n2c(OCC3CC3)cc3ccccc3c2=O)c1. The first-order valence-electron chi connectivity index (χ1n) is 9.06. The maximum atomic E-state index is 13.3. The number of halogens is 1. The number of sulfone groups is 1. The van der Waals surface area contributed by atoms with Gasteiger partial charge in [0, 0.05) is 17.7 Å². The summed E-state index contributed by atoms with van der Waals surface area (Å²) in [6, 6.07) is 16.1. The van der Waals surface area contributed by atoms with Gasteiger partial charge in [0.05, 0.1) is 11.5 Å². The van der Waals surface area contributed by atoms with E-state index in [1.165, 1.54) is 6.26 Å².